The Hall–Kier alpha value is -1.23. The molecule has 0 saturated heterocycles. The highest BCUT2D eigenvalue weighted by atomic mass is 15.5. The van der Waals surface area contributed by atoms with Crippen LogP contribution in [0.25, 0.3) is 0 Å². The first-order valence-electron chi connectivity index (χ1n) is 4.72. The van der Waals surface area contributed by atoms with Crippen molar-refractivity contribution in [3.8, 4) is 0 Å². The van der Waals surface area contributed by atoms with Crippen LogP contribution in [-0.2, 0) is 0 Å². The Kier molecular flexibility index (Phi) is 3.00. The topological polar surface area (TPSA) is 59.1 Å². The van der Waals surface area contributed by atoms with Gasteiger partial charge < -0.3 is 11.2 Å². The Morgan fingerprint density at radius 2 is 2.00 bits per heavy atom. The molecule has 0 spiro atoms. The van der Waals surface area contributed by atoms with Gasteiger partial charge in [0.05, 0.1) is 11.4 Å². The maximum absolute atomic E-state index is 5.92. The van der Waals surface area contributed by atoms with E-state index in [0.717, 1.165) is 11.5 Å². The molecule has 0 saturated carbocycles. The van der Waals surface area contributed by atoms with Crippen molar-refractivity contribution in [3.63, 3.8) is 0 Å². The van der Waals surface area contributed by atoms with Crippen molar-refractivity contribution < 1.29 is 0 Å². The molecule has 1 aromatic rings. The standard InChI is InChI=1S/C9H19N5/c1-6(2)14-9(12-13(4)5)8(10)7(3)11-14/h6,12H,10H2,1-5H3. The second kappa shape index (κ2) is 3.88. The molecule has 0 fully saturated rings. The number of aromatic nitrogens is 2. The van der Waals surface area contributed by atoms with Crippen LogP contribution in [0.1, 0.15) is 25.6 Å². The van der Waals surface area contributed by atoms with Crippen LogP contribution in [0.2, 0.25) is 0 Å². The number of hydrazine groups is 1. The summed E-state index contributed by atoms with van der Waals surface area (Å²) in [6, 6.07) is 0.299. The van der Waals surface area contributed by atoms with Gasteiger partial charge in [0.2, 0.25) is 0 Å². The average Bonchev–Trinajstić information content (AvgIpc) is 2.32. The first-order valence-corrected chi connectivity index (χ1v) is 4.72. The van der Waals surface area contributed by atoms with Crippen LogP contribution in [0.4, 0.5) is 11.5 Å². The number of hydrogen-bond donors (Lipinski definition) is 2. The molecule has 0 bridgehead atoms. The number of nitrogen functional groups attached to an aromatic ring is 1. The van der Waals surface area contributed by atoms with E-state index in [-0.39, 0.29) is 0 Å². The first-order chi connectivity index (χ1) is 6.43. The van der Waals surface area contributed by atoms with Crippen LogP contribution in [0.15, 0.2) is 0 Å². The van der Waals surface area contributed by atoms with Gasteiger partial charge in [-0.05, 0) is 20.8 Å². The quantitative estimate of drug-likeness (QED) is 0.716. The Bertz CT molecular complexity index is 313. The van der Waals surface area contributed by atoms with E-state index in [1.807, 2.05) is 30.7 Å². The molecule has 5 nitrogen and oxygen atoms in total. The van der Waals surface area contributed by atoms with Crippen LogP contribution in [0, 0.1) is 6.92 Å². The maximum atomic E-state index is 5.92. The lowest BCUT2D eigenvalue weighted by Gasteiger charge is -2.17. The van der Waals surface area contributed by atoms with Gasteiger partial charge in [-0.3, -0.25) is 0 Å². The molecule has 0 radical (unpaired) electrons. The Balaban J connectivity index is 3.10. The van der Waals surface area contributed by atoms with Crippen molar-refractivity contribution in [2.45, 2.75) is 26.8 Å². The lowest BCUT2D eigenvalue weighted by Crippen LogP contribution is -2.23. The molecule has 0 atom stereocenters. The van der Waals surface area contributed by atoms with Crippen LogP contribution in [0.5, 0.6) is 0 Å². The minimum absolute atomic E-state index is 0.299. The molecule has 0 amide bonds. The lowest BCUT2D eigenvalue weighted by atomic mass is 10.4. The number of hydrogen-bond acceptors (Lipinski definition) is 4. The number of rotatable bonds is 3. The summed E-state index contributed by atoms with van der Waals surface area (Å²) in [7, 11) is 3.85. The fourth-order valence-corrected chi connectivity index (χ4v) is 1.26. The van der Waals surface area contributed by atoms with Gasteiger partial charge in [0, 0.05) is 20.1 Å². The Labute approximate surface area is 84.8 Å². The molecule has 5 heteroatoms. The summed E-state index contributed by atoms with van der Waals surface area (Å²) in [6.07, 6.45) is 0. The van der Waals surface area contributed by atoms with Gasteiger partial charge in [-0.2, -0.15) is 5.10 Å². The van der Waals surface area contributed by atoms with Gasteiger partial charge >= 0.3 is 0 Å². The SMILES string of the molecule is Cc1nn(C(C)C)c(NN(C)C)c1N. The predicted molar refractivity (Wildman–Crippen MR) is 59.1 cm³/mol. The number of anilines is 2. The third kappa shape index (κ3) is 1.98. The van der Waals surface area contributed by atoms with Crippen molar-refractivity contribution in [1.82, 2.24) is 14.8 Å². The van der Waals surface area contributed by atoms with E-state index in [2.05, 4.69) is 24.4 Å². The summed E-state index contributed by atoms with van der Waals surface area (Å²) in [6.45, 7) is 6.06. The minimum atomic E-state index is 0.299. The van der Waals surface area contributed by atoms with E-state index < -0.39 is 0 Å². The summed E-state index contributed by atoms with van der Waals surface area (Å²) >= 11 is 0. The van der Waals surface area contributed by atoms with E-state index in [1.165, 1.54) is 0 Å². The predicted octanol–water partition coefficient (Wildman–Crippen LogP) is 1.24. The fraction of sp³-hybridized carbons (Fsp3) is 0.667. The zero-order valence-corrected chi connectivity index (χ0v) is 9.50. The van der Waals surface area contributed by atoms with Gasteiger partial charge in [-0.1, -0.05) is 0 Å². The fourth-order valence-electron chi connectivity index (χ4n) is 1.26. The van der Waals surface area contributed by atoms with Crippen LogP contribution in [0.3, 0.4) is 0 Å². The number of nitrogens with two attached hydrogens (primary N) is 1. The number of aryl methyl sites for hydroxylation is 1. The Morgan fingerprint density at radius 1 is 1.43 bits per heavy atom. The first kappa shape index (κ1) is 10.8. The van der Waals surface area contributed by atoms with Gasteiger partial charge in [-0.15, -0.1) is 0 Å². The summed E-state index contributed by atoms with van der Waals surface area (Å²) in [5, 5.41) is 6.22. The van der Waals surface area contributed by atoms with Crippen molar-refractivity contribution in [2.24, 2.45) is 0 Å². The van der Waals surface area contributed by atoms with Crippen molar-refractivity contribution in [3.05, 3.63) is 5.69 Å². The van der Waals surface area contributed by atoms with E-state index in [1.54, 1.807) is 0 Å². The molecule has 1 aromatic heterocycles. The van der Waals surface area contributed by atoms with Crippen LogP contribution in [-0.4, -0.2) is 28.9 Å². The zero-order chi connectivity index (χ0) is 10.9. The largest absolute Gasteiger partial charge is 0.394 e. The minimum Gasteiger partial charge on any atom is -0.394 e. The van der Waals surface area contributed by atoms with Crippen LogP contribution >= 0.6 is 0 Å². The van der Waals surface area contributed by atoms with Crippen molar-refractivity contribution in [1.29, 1.82) is 0 Å². The molecular weight excluding hydrogens is 178 g/mol. The third-order valence-corrected chi connectivity index (χ3v) is 1.95. The normalized spacial score (nSPS) is 11.4. The molecule has 1 rings (SSSR count). The highest BCUT2D eigenvalue weighted by Crippen LogP contribution is 2.25. The summed E-state index contributed by atoms with van der Waals surface area (Å²) in [5.41, 5.74) is 10.6. The smallest absolute Gasteiger partial charge is 0.162 e. The summed E-state index contributed by atoms with van der Waals surface area (Å²) in [5.74, 6) is 0.863. The van der Waals surface area contributed by atoms with E-state index >= 15 is 0 Å². The van der Waals surface area contributed by atoms with E-state index in [0.29, 0.717) is 11.7 Å². The molecule has 14 heavy (non-hydrogen) atoms. The molecule has 0 aliphatic carbocycles. The maximum Gasteiger partial charge on any atom is 0.162 e. The molecule has 0 aliphatic heterocycles. The van der Waals surface area contributed by atoms with Gasteiger partial charge in [0.25, 0.3) is 0 Å². The second-order valence-electron chi connectivity index (χ2n) is 3.89. The van der Waals surface area contributed by atoms with Crippen molar-refractivity contribution in [2.75, 3.05) is 25.3 Å². The monoisotopic (exact) mass is 197 g/mol. The van der Waals surface area contributed by atoms with Gasteiger partial charge in [-0.25, -0.2) is 9.69 Å². The molecule has 0 aliphatic rings. The molecule has 0 aromatic carbocycles. The highest BCUT2D eigenvalue weighted by molar-refractivity contribution is 5.64. The number of nitrogens with zero attached hydrogens (tertiary/aromatic N) is 3. The third-order valence-electron chi connectivity index (χ3n) is 1.95. The zero-order valence-electron chi connectivity index (χ0n) is 9.50. The molecule has 80 valence electrons. The highest BCUT2D eigenvalue weighted by Gasteiger charge is 2.14. The summed E-state index contributed by atoms with van der Waals surface area (Å²) < 4.78 is 1.89. The molecule has 1 heterocycles. The average molecular weight is 197 g/mol. The van der Waals surface area contributed by atoms with E-state index in [9.17, 15) is 0 Å². The van der Waals surface area contributed by atoms with Gasteiger partial charge in [0.15, 0.2) is 5.82 Å². The summed E-state index contributed by atoms with van der Waals surface area (Å²) in [4.78, 5) is 0. The van der Waals surface area contributed by atoms with E-state index in [4.69, 9.17) is 5.73 Å². The Morgan fingerprint density at radius 3 is 2.43 bits per heavy atom. The number of nitrogens with one attached hydrogen (secondary N) is 1. The molecular formula is C9H19N5. The van der Waals surface area contributed by atoms with Gasteiger partial charge in [0.1, 0.15) is 0 Å². The van der Waals surface area contributed by atoms with Crippen molar-refractivity contribution >= 4 is 11.5 Å². The second-order valence-corrected chi connectivity index (χ2v) is 3.89. The van der Waals surface area contributed by atoms with Crippen LogP contribution < -0.4 is 11.2 Å². The molecule has 3 N–H and O–H groups in total. The lowest BCUT2D eigenvalue weighted by molar-refractivity contribution is 0.466. The molecule has 0 unspecified atom stereocenters.